The fraction of sp³-hybridized carbons (Fsp3) is 0.286. The number of fused-ring (bicyclic) bond motifs is 3. The molecule has 7 nitrogen and oxygen atoms in total. The van der Waals surface area contributed by atoms with Crippen molar-refractivity contribution in [3.63, 3.8) is 0 Å². The predicted octanol–water partition coefficient (Wildman–Crippen LogP) is 4.94. The molecule has 0 saturated carbocycles. The first kappa shape index (κ1) is 25.2. The van der Waals surface area contributed by atoms with E-state index in [1.807, 2.05) is 74.4 Å². The zero-order valence-electron chi connectivity index (χ0n) is 21.2. The summed E-state index contributed by atoms with van der Waals surface area (Å²) in [5.74, 6) is -0.173. The molecule has 0 aliphatic heterocycles. The largest absolute Gasteiger partial charge is 0.378 e. The van der Waals surface area contributed by atoms with Crippen LogP contribution in [-0.2, 0) is 17.6 Å². The Balaban J connectivity index is 1.38. The second-order valence-electron chi connectivity index (χ2n) is 9.33. The number of hydrogen-bond donors (Lipinski definition) is 1. The Morgan fingerprint density at radius 3 is 2.59 bits per heavy atom. The number of nitrogens with one attached hydrogen (secondary N) is 1. The standard InChI is InChI=1S/C28H29N5O2S2/c1-18-8-12-21(13-9-18)33-27(35)25-22-6-4-5-7-23(22)37-26(25)30-28(33)36-17-24(34)31-29-16-19-10-14-20(15-11-19)32(2)3/h8-16H,4-7,17H2,1-3H3,(H,31,34)/b29-16+. The highest BCUT2D eigenvalue weighted by molar-refractivity contribution is 7.99. The lowest BCUT2D eigenvalue weighted by Gasteiger charge is -2.13. The van der Waals surface area contributed by atoms with Crippen molar-refractivity contribution in [2.75, 3.05) is 24.7 Å². The third-order valence-electron chi connectivity index (χ3n) is 6.40. The smallest absolute Gasteiger partial charge is 0.267 e. The van der Waals surface area contributed by atoms with Gasteiger partial charge in [0.2, 0.25) is 0 Å². The number of aryl methyl sites for hydroxylation is 3. The zero-order chi connectivity index (χ0) is 25.9. The van der Waals surface area contributed by atoms with E-state index in [1.54, 1.807) is 22.1 Å². The van der Waals surface area contributed by atoms with Gasteiger partial charge in [-0.25, -0.2) is 10.4 Å². The van der Waals surface area contributed by atoms with Crippen LogP contribution in [0.1, 0.15) is 34.4 Å². The van der Waals surface area contributed by atoms with Crippen LogP contribution >= 0.6 is 23.1 Å². The van der Waals surface area contributed by atoms with Crippen LogP contribution in [0.25, 0.3) is 15.9 Å². The number of carbonyl (C=O) groups excluding carboxylic acids is 1. The van der Waals surface area contributed by atoms with Crippen LogP contribution in [0, 0.1) is 6.92 Å². The average Bonchev–Trinajstić information content (AvgIpc) is 3.27. The summed E-state index contributed by atoms with van der Waals surface area (Å²) in [6.07, 6.45) is 5.78. The molecule has 0 fully saturated rings. The number of nitrogens with zero attached hydrogens (tertiary/aromatic N) is 4. The van der Waals surface area contributed by atoms with E-state index >= 15 is 0 Å². The second kappa shape index (κ2) is 10.9. The minimum Gasteiger partial charge on any atom is -0.378 e. The van der Waals surface area contributed by atoms with Gasteiger partial charge in [-0.15, -0.1) is 11.3 Å². The maximum absolute atomic E-state index is 13.8. The molecule has 1 aliphatic rings. The number of anilines is 1. The molecule has 0 bridgehead atoms. The molecule has 4 aromatic rings. The van der Waals surface area contributed by atoms with E-state index in [2.05, 4.69) is 10.5 Å². The lowest BCUT2D eigenvalue weighted by molar-refractivity contribution is -0.118. The number of rotatable bonds is 7. The molecule has 0 saturated heterocycles. The van der Waals surface area contributed by atoms with Crippen LogP contribution in [-0.4, -0.2) is 41.5 Å². The minimum absolute atomic E-state index is 0.0599. The van der Waals surface area contributed by atoms with E-state index in [-0.39, 0.29) is 17.2 Å². The Morgan fingerprint density at radius 1 is 1.14 bits per heavy atom. The average molecular weight is 532 g/mol. The first-order chi connectivity index (χ1) is 17.9. The fourth-order valence-electron chi connectivity index (χ4n) is 4.40. The molecule has 0 spiro atoms. The number of thiophene rings is 1. The molecular formula is C28H29N5O2S2. The monoisotopic (exact) mass is 531 g/mol. The van der Waals surface area contributed by atoms with Crippen LogP contribution in [0.2, 0.25) is 0 Å². The summed E-state index contributed by atoms with van der Waals surface area (Å²) in [6.45, 7) is 2.01. The number of benzene rings is 2. The summed E-state index contributed by atoms with van der Waals surface area (Å²) in [5, 5.41) is 5.34. The molecular weight excluding hydrogens is 502 g/mol. The molecule has 190 valence electrons. The van der Waals surface area contributed by atoms with Gasteiger partial charge in [0.1, 0.15) is 4.83 Å². The Morgan fingerprint density at radius 2 is 1.86 bits per heavy atom. The summed E-state index contributed by atoms with van der Waals surface area (Å²) in [5.41, 5.74) is 7.53. The lowest BCUT2D eigenvalue weighted by Crippen LogP contribution is -2.24. The van der Waals surface area contributed by atoms with Crippen molar-refractivity contribution < 1.29 is 4.79 Å². The molecule has 5 rings (SSSR count). The van der Waals surface area contributed by atoms with Crippen LogP contribution in [0.15, 0.2) is 63.6 Å². The van der Waals surface area contributed by atoms with Crippen molar-refractivity contribution in [3.8, 4) is 5.69 Å². The third kappa shape index (κ3) is 5.47. The molecule has 37 heavy (non-hydrogen) atoms. The van der Waals surface area contributed by atoms with Gasteiger partial charge >= 0.3 is 0 Å². The normalized spacial score (nSPS) is 13.2. The van der Waals surface area contributed by atoms with Gasteiger partial charge in [0.25, 0.3) is 11.5 Å². The van der Waals surface area contributed by atoms with Crippen molar-refractivity contribution in [2.24, 2.45) is 5.10 Å². The molecule has 1 aliphatic carbocycles. The SMILES string of the molecule is Cc1ccc(-n2c(SCC(=O)N/N=C/c3ccc(N(C)C)cc3)nc3sc4c(c3c2=O)CCCC4)cc1. The van der Waals surface area contributed by atoms with E-state index < -0.39 is 0 Å². The number of hydrogen-bond acceptors (Lipinski definition) is 7. The molecule has 2 aromatic heterocycles. The van der Waals surface area contributed by atoms with Crippen molar-refractivity contribution in [3.05, 3.63) is 80.5 Å². The lowest BCUT2D eigenvalue weighted by atomic mass is 9.97. The molecule has 2 heterocycles. The maximum atomic E-state index is 13.8. The number of hydrazone groups is 1. The molecule has 1 N–H and O–H groups in total. The molecule has 9 heteroatoms. The van der Waals surface area contributed by atoms with Crippen LogP contribution in [0.3, 0.4) is 0 Å². The summed E-state index contributed by atoms with van der Waals surface area (Å²) in [7, 11) is 3.97. The first-order valence-electron chi connectivity index (χ1n) is 12.3. The van der Waals surface area contributed by atoms with Crippen LogP contribution in [0.4, 0.5) is 5.69 Å². The Bertz CT molecular complexity index is 1520. The van der Waals surface area contributed by atoms with Gasteiger partial charge in [-0.2, -0.15) is 5.10 Å². The summed E-state index contributed by atoms with van der Waals surface area (Å²) < 4.78 is 1.65. The second-order valence-corrected chi connectivity index (χ2v) is 11.4. The molecule has 0 radical (unpaired) electrons. The fourth-order valence-corrected chi connectivity index (χ4v) is 6.51. The summed E-state index contributed by atoms with van der Waals surface area (Å²) in [6, 6.07) is 15.7. The Hall–Kier alpha value is -3.43. The highest BCUT2D eigenvalue weighted by Crippen LogP contribution is 2.35. The molecule has 0 atom stereocenters. The highest BCUT2D eigenvalue weighted by atomic mass is 32.2. The number of amides is 1. The van der Waals surface area contributed by atoms with Crippen molar-refractivity contribution in [2.45, 2.75) is 37.8 Å². The van der Waals surface area contributed by atoms with Gasteiger partial charge in [0, 0.05) is 24.7 Å². The van der Waals surface area contributed by atoms with Crippen molar-refractivity contribution >= 4 is 51.1 Å². The van der Waals surface area contributed by atoms with Gasteiger partial charge in [0.05, 0.1) is 23.0 Å². The van der Waals surface area contributed by atoms with Crippen molar-refractivity contribution in [1.29, 1.82) is 0 Å². The maximum Gasteiger partial charge on any atom is 0.267 e. The van der Waals surface area contributed by atoms with Gasteiger partial charge < -0.3 is 4.90 Å². The quantitative estimate of drug-likeness (QED) is 0.158. The van der Waals surface area contributed by atoms with E-state index in [0.717, 1.165) is 64.0 Å². The molecule has 2 aromatic carbocycles. The van der Waals surface area contributed by atoms with Crippen LogP contribution in [0.5, 0.6) is 0 Å². The Kier molecular flexibility index (Phi) is 7.43. The van der Waals surface area contributed by atoms with E-state index in [0.29, 0.717) is 5.16 Å². The summed E-state index contributed by atoms with van der Waals surface area (Å²) in [4.78, 5) is 35.3. The highest BCUT2D eigenvalue weighted by Gasteiger charge is 2.23. The van der Waals surface area contributed by atoms with Gasteiger partial charge in [-0.1, -0.05) is 41.6 Å². The first-order valence-corrected chi connectivity index (χ1v) is 14.1. The van der Waals surface area contributed by atoms with Gasteiger partial charge in [-0.3, -0.25) is 14.2 Å². The Labute approximate surface area is 224 Å². The third-order valence-corrected chi connectivity index (χ3v) is 8.52. The van der Waals surface area contributed by atoms with Crippen LogP contribution < -0.4 is 15.9 Å². The van der Waals surface area contributed by atoms with Crippen molar-refractivity contribution in [1.82, 2.24) is 15.0 Å². The van der Waals surface area contributed by atoms with E-state index in [1.165, 1.54) is 16.6 Å². The van der Waals surface area contributed by atoms with Gasteiger partial charge in [-0.05, 0) is 68.0 Å². The number of thioether (sulfide) groups is 1. The summed E-state index contributed by atoms with van der Waals surface area (Å²) >= 11 is 2.87. The number of aromatic nitrogens is 2. The predicted molar refractivity (Wildman–Crippen MR) is 154 cm³/mol. The molecule has 0 unspecified atom stereocenters. The minimum atomic E-state index is -0.263. The molecule has 1 amide bonds. The zero-order valence-corrected chi connectivity index (χ0v) is 22.8. The van der Waals surface area contributed by atoms with E-state index in [9.17, 15) is 9.59 Å². The topological polar surface area (TPSA) is 79.6 Å². The van der Waals surface area contributed by atoms with E-state index in [4.69, 9.17) is 4.98 Å². The van der Waals surface area contributed by atoms with Gasteiger partial charge in [0.15, 0.2) is 5.16 Å². The number of carbonyl (C=O) groups is 1.